The normalized spacial score (nSPS) is 19.4. The Bertz CT molecular complexity index is 618. The van der Waals surface area contributed by atoms with Crippen LogP contribution in [0.25, 0.3) is 11.0 Å². The third-order valence-electron chi connectivity index (χ3n) is 3.43. The number of fused-ring (bicyclic) bond motifs is 3. The minimum absolute atomic E-state index is 0.0529. The van der Waals surface area contributed by atoms with E-state index in [1.807, 2.05) is 16.7 Å². The van der Waals surface area contributed by atoms with Crippen LogP contribution in [0.15, 0.2) is 18.2 Å². The first-order chi connectivity index (χ1) is 8.70. The zero-order valence-electron chi connectivity index (χ0n) is 10.2. The molecule has 3 heterocycles. The number of rotatable bonds is 1. The van der Waals surface area contributed by atoms with E-state index in [1.54, 1.807) is 6.07 Å². The maximum Gasteiger partial charge on any atom is 0.267 e. The molecule has 5 nitrogen and oxygen atoms in total. The average molecular weight is 245 g/mol. The summed E-state index contributed by atoms with van der Waals surface area (Å²) in [7, 11) is 0. The van der Waals surface area contributed by atoms with Crippen molar-refractivity contribution >= 4 is 16.9 Å². The number of hydrogen-bond donors (Lipinski definition) is 2. The molecule has 1 aliphatic rings. The van der Waals surface area contributed by atoms with Crippen LogP contribution in [0.3, 0.4) is 0 Å². The zero-order valence-corrected chi connectivity index (χ0v) is 10.2. The Labute approximate surface area is 104 Å². The van der Waals surface area contributed by atoms with Crippen LogP contribution >= 0.6 is 0 Å². The average Bonchev–Trinajstić information content (AvgIpc) is 2.70. The summed E-state index contributed by atoms with van der Waals surface area (Å²) in [6, 6.07) is 5.76. The lowest BCUT2D eigenvalue weighted by molar-refractivity contribution is 0.0951. The van der Waals surface area contributed by atoms with Crippen molar-refractivity contribution in [2.45, 2.75) is 26.0 Å². The van der Waals surface area contributed by atoms with Crippen LogP contribution < -0.4 is 5.32 Å². The molecule has 0 saturated carbocycles. The summed E-state index contributed by atoms with van der Waals surface area (Å²) in [5.41, 5.74) is 2.05. The highest BCUT2D eigenvalue weighted by molar-refractivity contribution is 5.98. The van der Waals surface area contributed by atoms with Gasteiger partial charge in [-0.25, -0.2) is 4.98 Å². The van der Waals surface area contributed by atoms with Crippen LogP contribution in [-0.2, 0) is 6.61 Å². The number of nitrogens with zero attached hydrogens (tertiary/aromatic N) is 2. The number of nitrogens with one attached hydrogen (secondary N) is 1. The van der Waals surface area contributed by atoms with Gasteiger partial charge in [-0.3, -0.25) is 4.79 Å². The van der Waals surface area contributed by atoms with Gasteiger partial charge in [-0.2, -0.15) is 0 Å². The van der Waals surface area contributed by atoms with Crippen LogP contribution in [0, 0.1) is 0 Å². The van der Waals surface area contributed by atoms with E-state index < -0.39 is 0 Å². The third kappa shape index (κ3) is 1.59. The van der Waals surface area contributed by atoms with Crippen LogP contribution in [0.4, 0.5) is 0 Å². The summed E-state index contributed by atoms with van der Waals surface area (Å²) in [6.45, 7) is 2.68. The molecular weight excluding hydrogens is 230 g/mol. The van der Waals surface area contributed by atoms with Crippen molar-refractivity contribution in [3.05, 3.63) is 29.6 Å². The predicted molar refractivity (Wildman–Crippen MR) is 67.3 cm³/mol. The van der Waals surface area contributed by atoms with Crippen LogP contribution in [0.1, 0.15) is 35.6 Å². The lowest BCUT2D eigenvalue weighted by Gasteiger charge is -2.13. The van der Waals surface area contributed by atoms with Gasteiger partial charge in [0.1, 0.15) is 11.3 Å². The molecule has 0 fully saturated rings. The first-order valence-corrected chi connectivity index (χ1v) is 6.10. The van der Waals surface area contributed by atoms with Gasteiger partial charge in [-0.05, 0) is 31.5 Å². The Hall–Kier alpha value is -1.88. The monoisotopic (exact) mass is 245 g/mol. The second kappa shape index (κ2) is 4.10. The second-order valence-corrected chi connectivity index (χ2v) is 4.67. The van der Waals surface area contributed by atoms with Crippen molar-refractivity contribution in [2.75, 3.05) is 6.54 Å². The molecule has 2 aromatic rings. The predicted octanol–water partition coefficient (Wildman–Crippen LogP) is 1.22. The van der Waals surface area contributed by atoms with E-state index in [4.69, 9.17) is 5.11 Å². The fraction of sp³-hybridized carbons (Fsp3) is 0.385. The summed E-state index contributed by atoms with van der Waals surface area (Å²) in [5.74, 6) is -0.0529. The molecule has 1 aliphatic heterocycles. The second-order valence-electron chi connectivity index (χ2n) is 4.67. The Morgan fingerprint density at radius 2 is 2.39 bits per heavy atom. The van der Waals surface area contributed by atoms with Crippen LogP contribution in [0.5, 0.6) is 0 Å². The van der Waals surface area contributed by atoms with Gasteiger partial charge in [0.2, 0.25) is 0 Å². The van der Waals surface area contributed by atoms with Gasteiger partial charge < -0.3 is 15.0 Å². The van der Waals surface area contributed by atoms with E-state index in [2.05, 4.69) is 17.2 Å². The van der Waals surface area contributed by atoms with Crippen molar-refractivity contribution in [1.82, 2.24) is 14.9 Å². The molecule has 0 saturated heterocycles. The molecule has 0 spiro atoms. The maximum absolute atomic E-state index is 12.0. The quantitative estimate of drug-likeness (QED) is 0.794. The van der Waals surface area contributed by atoms with E-state index in [9.17, 15) is 4.79 Å². The molecule has 1 amide bonds. The van der Waals surface area contributed by atoms with Gasteiger partial charge >= 0.3 is 0 Å². The Morgan fingerprint density at radius 1 is 1.56 bits per heavy atom. The number of carbonyl (C=O) groups is 1. The van der Waals surface area contributed by atoms with Gasteiger partial charge in [0.15, 0.2) is 0 Å². The molecule has 0 radical (unpaired) electrons. The Morgan fingerprint density at radius 3 is 3.17 bits per heavy atom. The number of pyridine rings is 1. The molecule has 0 aromatic carbocycles. The fourth-order valence-electron chi connectivity index (χ4n) is 2.46. The Balaban J connectivity index is 2.29. The van der Waals surface area contributed by atoms with Crippen molar-refractivity contribution in [2.24, 2.45) is 0 Å². The molecule has 1 atom stereocenters. The van der Waals surface area contributed by atoms with Crippen LogP contribution in [-0.4, -0.2) is 27.1 Å². The van der Waals surface area contributed by atoms with Gasteiger partial charge in [0, 0.05) is 18.0 Å². The van der Waals surface area contributed by atoms with E-state index in [-0.39, 0.29) is 18.6 Å². The first-order valence-electron chi connectivity index (χ1n) is 6.10. The number of carbonyl (C=O) groups excluding carboxylic acids is 1. The summed E-state index contributed by atoms with van der Waals surface area (Å²) in [4.78, 5) is 16.4. The van der Waals surface area contributed by atoms with Gasteiger partial charge in [-0.1, -0.05) is 0 Å². The summed E-state index contributed by atoms with van der Waals surface area (Å²) >= 11 is 0. The lowest BCUT2D eigenvalue weighted by Crippen LogP contribution is -2.22. The minimum atomic E-state index is -0.0863. The highest BCUT2D eigenvalue weighted by Crippen LogP contribution is 2.26. The molecule has 0 aliphatic carbocycles. The summed E-state index contributed by atoms with van der Waals surface area (Å²) in [5, 5.41) is 13.0. The van der Waals surface area contributed by atoms with E-state index in [0.717, 1.165) is 17.5 Å². The fourth-order valence-corrected chi connectivity index (χ4v) is 2.46. The van der Waals surface area contributed by atoms with Crippen molar-refractivity contribution in [3.8, 4) is 0 Å². The minimum Gasteiger partial charge on any atom is -0.390 e. The third-order valence-corrected chi connectivity index (χ3v) is 3.43. The Kier molecular flexibility index (Phi) is 2.56. The maximum atomic E-state index is 12.0. The van der Waals surface area contributed by atoms with Gasteiger partial charge in [-0.15, -0.1) is 0 Å². The molecule has 2 N–H and O–H groups in total. The summed E-state index contributed by atoms with van der Waals surface area (Å²) < 4.78 is 1.97. The van der Waals surface area contributed by atoms with E-state index in [0.29, 0.717) is 17.9 Å². The zero-order chi connectivity index (χ0) is 12.7. The number of aliphatic hydroxyl groups is 1. The van der Waals surface area contributed by atoms with Gasteiger partial charge in [0.25, 0.3) is 5.91 Å². The molecule has 2 aromatic heterocycles. The van der Waals surface area contributed by atoms with Gasteiger partial charge in [0.05, 0.1) is 12.3 Å². The largest absolute Gasteiger partial charge is 0.390 e. The summed E-state index contributed by atoms with van der Waals surface area (Å²) in [6.07, 6.45) is 0.882. The molecule has 5 heteroatoms. The van der Waals surface area contributed by atoms with E-state index >= 15 is 0 Å². The number of aliphatic hydroxyl groups excluding tert-OH is 1. The first kappa shape index (κ1) is 11.2. The highest BCUT2D eigenvalue weighted by atomic mass is 16.3. The lowest BCUT2D eigenvalue weighted by atomic mass is 10.2. The SMILES string of the molecule is CC1CCNC(=O)c2cc3ccc(CO)nc3n21. The standard InChI is InChI=1S/C13H15N3O2/c1-8-4-5-14-13(18)11-6-9-2-3-10(7-17)15-12(9)16(8)11/h2-3,6,8,17H,4-5,7H2,1H3,(H,14,18). The van der Waals surface area contributed by atoms with Crippen LogP contribution in [0.2, 0.25) is 0 Å². The topological polar surface area (TPSA) is 67.2 Å². The molecular formula is C13H15N3O2. The molecule has 3 rings (SSSR count). The molecule has 18 heavy (non-hydrogen) atoms. The highest BCUT2D eigenvalue weighted by Gasteiger charge is 2.23. The van der Waals surface area contributed by atoms with E-state index in [1.165, 1.54) is 0 Å². The number of aromatic nitrogens is 2. The molecule has 1 unspecified atom stereocenters. The number of amides is 1. The molecule has 0 bridgehead atoms. The number of hydrogen-bond acceptors (Lipinski definition) is 3. The smallest absolute Gasteiger partial charge is 0.267 e. The molecule has 94 valence electrons. The van der Waals surface area contributed by atoms with Crippen molar-refractivity contribution in [1.29, 1.82) is 0 Å². The van der Waals surface area contributed by atoms with Crippen molar-refractivity contribution in [3.63, 3.8) is 0 Å². The van der Waals surface area contributed by atoms with Crippen molar-refractivity contribution < 1.29 is 9.90 Å².